The number of ether oxygens (including phenoxy) is 4. The molecule has 34 nitrogen and oxygen atoms in total. The van der Waals surface area contributed by atoms with Crippen LogP contribution in [-0.4, -0.2) is 188 Å². The zero-order valence-electron chi connectivity index (χ0n) is 44.2. The van der Waals surface area contributed by atoms with Crippen LogP contribution >= 0.6 is 50.4 Å². The van der Waals surface area contributed by atoms with Crippen LogP contribution in [0.3, 0.4) is 0 Å². The number of nitrogen functional groups attached to an aromatic ring is 3. The first-order chi connectivity index (χ1) is 41.8. The number of rotatable bonds is 4. The van der Waals surface area contributed by atoms with E-state index in [1.807, 2.05) is 0 Å². The maximum atomic E-state index is 16.0. The predicted octanol–water partition coefficient (Wildman–Crippen LogP) is 3.59. The Hall–Kier alpha value is -4.36. The van der Waals surface area contributed by atoms with E-state index in [0.29, 0.717) is 11.2 Å². The number of nitrogens with two attached hydrogens (primary N) is 3. The second-order valence-electron chi connectivity index (χ2n) is 19.9. The largest absolute Gasteiger partial charge is 0.386 e. The minimum atomic E-state index is -4.41. The standard InChI is InChI=1S/C21H23F2N9O8P2S2.C20H22F2N10O7P2S3/c1-8-13-18(27-4-25-8)31(6-29-13)20-15-11(22)9(37-20)2-35-42(34,44)40-16-12(23)10(3-36-41(33,43)39-15)38-21(16)32-7-30-14-17(24)26-5-28-19(14)32;21-9-8-2-35-41(43,44)39-14-10(22)7(36-20(14)32-6-30-12-16(24)26-4-28-18(12)32)1-34-40(33,42)38-13(9)19(37-8)31-5-29-11-15(23)25-3-27-17(11)31/h4-7,9-12,15-16,20-21H,2-3H2,1H3,(H,33,43)(H,34,44)(H2,24,26,28);3-10,13-14,19-20H,1-2H2,(H,33,42)(H,43,44)(H2,23,25,27)(H2,24,26,28)/t9-,10-,11-,12-,15-,16-,20-,21-,41?,42?;7-,8-,9-,10-,13-,14-,19-,20-,40?/m11/s1. The summed E-state index contributed by atoms with van der Waals surface area (Å²) >= 11 is 24.2. The van der Waals surface area contributed by atoms with Crippen molar-refractivity contribution in [2.24, 2.45) is 0 Å². The van der Waals surface area contributed by atoms with E-state index in [0.717, 1.165) is 0 Å². The Labute approximate surface area is 515 Å². The number of nitrogens with zero attached hydrogens (tertiary/aromatic N) is 16. The molecule has 47 heteroatoms. The molecule has 8 aromatic heterocycles. The molecule has 0 amide bonds. The molecule has 6 fully saturated rings. The van der Waals surface area contributed by atoms with Gasteiger partial charge in [-0.1, -0.05) is 24.5 Å². The van der Waals surface area contributed by atoms with E-state index in [9.17, 15) is 14.4 Å². The lowest BCUT2D eigenvalue weighted by molar-refractivity contribution is -0.0592. The number of anilines is 3. The summed E-state index contributed by atoms with van der Waals surface area (Å²) in [6.07, 6.45) is -14.6. The summed E-state index contributed by atoms with van der Waals surface area (Å²) in [6, 6.07) is 0. The van der Waals surface area contributed by atoms with Crippen molar-refractivity contribution in [1.82, 2.24) is 78.1 Å². The Morgan fingerprint density at radius 3 is 1.16 bits per heavy atom. The Morgan fingerprint density at radius 1 is 0.466 bits per heavy atom. The summed E-state index contributed by atoms with van der Waals surface area (Å²) in [5, 5.41) is 0. The lowest BCUT2D eigenvalue weighted by Gasteiger charge is -2.27. The topological polar surface area (TPSA) is 421 Å². The maximum absolute atomic E-state index is 16.0. The monoisotopic (exact) mass is 1400 g/mol. The Kier molecular flexibility index (Phi) is 17.0. The molecule has 8 bridgehead atoms. The summed E-state index contributed by atoms with van der Waals surface area (Å²) < 4.78 is 151. The quantitative estimate of drug-likeness (QED) is 0.0752. The first-order valence-electron chi connectivity index (χ1n) is 25.6. The third kappa shape index (κ3) is 11.9. The van der Waals surface area contributed by atoms with E-state index >= 15 is 17.6 Å². The molecule has 8 aromatic rings. The lowest BCUT2D eigenvalue weighted by Crippen LogP contribution is -2.34. The Morgan fingerprint density at radius 2 is 0.773 bits per heavy atom. The Balaban J connectivity index is 0.000000162. The third-order valence-corrected chi connectivity index (χ3v) is 21.4. The summed E-state index contributed by atoms with van der Waals surface area (Å²) in [6.45, 7) is -13.7. The number of thiol groups is 2. The number of hydrogen-bond donors (Lipinski definition) is 7. The zero-order chi connectivity index (χ0) is 61.9. The third-order valence-electron chi connectivity index (χ3n) is 14.5. The summed E-state index contributed by atoms with van der Waals surface area (Å²) in [4.78, 5) is 71.2. The van der Waals surface area contributed by atoms with Gasteiger partial charge in [0.1, 0.15) is 96.2 Å². The highest BCUT2D eigenvalue weighted by atomic mass is 32.9. The minimum Gasteiger partial charge on any atom is -0.382 e. The number of aryl methyl sites for hydroxylation is 1. The average molecular weight is 1400 g/mol. The highest BCUT2D eigenvalue weighted by Gasteiger charge is 2.56. The van der Waals surface area contributed by atoms with Crippen molar-refractivity contribution in [2.45, 2.75) is 105 Å². The number of halogens is 4. The van der Waals surface area contributed by atoms with Gasteiger partial charge in [-0.15, -0.1) is 0 Å². The van der Waals surface area contributed by atoms with Gasteiger partial charge in [-0.3, -0.25) is 36.4 Å². The van der Waals surface area contributed by atoms with Crippen LogP contribution in [0, 0.1) is 6.92 Å². The molecule has 88 heavy (non-hydrogen) atoms. The van der Waals surface area contributed by atoms with Gasteiger partial charge in [0.05, 0.1) is 57.4 Å². The molecule has 20 atom stereocenters. The summed E-state index contributed by atoms with van der Waals surface area (Å²) in [7, 11) is 0. The van der Waals surface area contributed by atoms with Gasteiger partial charge < -0.3 is 64.0 Å². The number of aromatic nitrogens is 16. The molecular weight excluding hydrogens is 1360 g/mol. The molecule has 0 aromatic carbocycles. The van der Waals surface area contributed by atoms with Crippen molar-refractivity contribution < 1.29 is 87.1 Å². The fourth-order valence-corrected chi connectivity index (χ4v) is 16.6. The van der Waals surface area contributed by atoms with Crippen molar-refractivity contribution in [3.8, 4) is 0 Å². The van der Waals surface area contributed by atoms with Crippen LogP contribution in [0.4, 0.5) is 35.0 Å². The Bertz CT molecular complexity index is 3680. The van der Waals surface area contributed by atoms with Crippen molar-refractivity contribution in [3.63, 3.8) is 0 Å². The second-order valence-corrected chi connectivity index (χ2v) is 33.6. The van der Waals surface area contributed by atoms with Gasteiger partial charge in [0.15, 0.2) is 89.6 Å². The van der Waals surface area contributed by atoms with Crippen molar-refractivity contribution in [2.75, 3.05) is 43.6 Å². The fourth-order valence-electron chi connectivity index (χ4n) is 10.4. The summed E-state index contributed by atoms with van der Waals surface area (Å²) in [5.74, 6) is 0.230. The van der Waals surface area contributed by atoms with Crippen LogP contribution in [0.25, 0.3) is 44.7 Å². The lowest BCUT2D eigenvalue weighted by atomic mass is 10.1. The predicted molar refractivity (Wildman–Crippen MR) is 311 cm³/mol. The van der Waals surface area contributed by atoms with Crippen LogP contribution in [-0.2, 0) is 95.1 Å². The van der Waals surface area contributed by atoms with Gasteiger partial charge in [-0.2, -0.15) is 0 Å². The van der Waals surface area contributed by atoms with Gasteiger partial charge in [0, 0.05) is 0 Å². The van der Waals surface area contributed by atoms with Gasteiger partial charge in [0.2, 0.25) is 5.69 Å². The molecule has 0 radical (unpaired) electrons. The molecule has 6 aliphatic heterocycles. The fraction of sp³-hybridized carbons (Fsp3) is 0.512. The van der Waals surface area contributed by atoms with Gasteiger partial charge in [-0.05, 0) is 42.3 Å². The molecule has 6 aliphatic rings. The highest BCUT2D eigenvalue weighted by Crippen LogP contribution is 2.61. The average Bonchev–Trinajstić information content (AvgIpc) is 1.75. The smallest absolute Gasteiger partial charge is 0.382 e. The first-order valence-corrected chi connectivity index (χ1v) is 37.3. The SMILES string of the molecule is Cc1ncnc2c1ncn2[C@@H]1O[C@@H]2COP(O)(=S)O[C@@H]3[C@H](F)[C@@H](COP(=O)(S)O[C@@H]1[C@@H]2F)O[C@H]3n1cnc2c(N)ncnc21.Nc1ncnc2c1ncn2[C@@H]1O[C@@H]2COP(=S)(S)O[C@@H]3[C@H](F)[C@@H](COP(O)(=S)O[C@@H]1[C@@H]2F)O[C@H]3n1cnc2c(N)ncnc21. The summed E-state index contributed by atoms with van der Waals surface area (Å²) in [5.41, 5.74) is 16.6. The van der Waals surface area contributed by atoms with Gasteiger partial charge >= 0.3 is 20.2 Å². The first kappa shape index (κ1) is 62.4. The van der Waals surface area contributed by atoms with Crippen LogP contribution in [0.15, 0.2) is 50.6 Å². The van der Waals surface area contributed by atoms with Crippen LogP contribution in [0.1, 0.15) is 30.6 Å². The van der Waals surface area contributed by atoms with E-state index < -0.39 is 151 Å². The molecule has 472 valence electrons. The van der Waals surface area contributed by atoms with Gasteiger partial charge in [-0.25, -0.2) is 81.9 Å². The van der Waals surface area contributed by atoms with E-state index in [1.54, 1.807) is 6.92 Å². The number of alkyl halides is 4. The normalized spacial score (nSPS) is 38.3. The molecule has 0 saturated carbocycles. The molecule has 14 heterocycles. The van der Waals surface area contributed by atoms with Crippen LogP contribution < -0.4 is 17.2 Å². The van der Waals surface area contributed by atoms with Crippen LogP contribution in [0.2, 0.25) is 0 Å². The molecule has 4 unspecified atom stereocenters. The molecular formula is C41H45F4N19O15P4S5. The number of hydrogen-bond acceptors (Lipinski definition) is 31. The number of imidazole rings is 4. The second kappa shape index (κ2) is 24.0. The molecule has 8 N–H and O–H groups in total. The molecule has 0 spiro atoms. The molecule has 14 rings (SSSR count). The maximum Gasteiger partial charge on any atom is 0.386 e. The number of fused-ring (bicyclic) bond motifs is 12. The molecule has 0 aliphatic carbocycles. The molecule has 6 saturated heterocycles. The zero-order valence-corrected chi connectivity index (χ0v) is 52.0. The highest BCUT2D eigenvalue weighted by molar-refractivity contribution is 8.60. The van der Waals surface area contributed by atoms with Crippen molar-refractivity contribution >= 4 is 148 Å². The van der Waals surface area contributed by atoms with Crippen LogP contribution in [0.5, 0.6) is 0 Å². The van der Waals surface area contributed by atoms with E-state index in [-0.39, 0.29) is 56.6 Å². The van der Waals surface area contributed by atoms with E-state index in [4.69, 9.17) is 108 Å². The van der Waals surface area contributed by atoms with Crippen molar-refractivity contribution in [3.05, 3.63) is 56.3 Å². The van der Waals surface area contributed by atoms with Gasteiger partial charge in [0.25, 0.3) is 0 Å². The minimum absolute atomic E-state index is 0.0588. The van der Waals surface area contributed by atoms with E-state index in [1.165, 1.54) is 68.9 Å². The van der Waals surface area contributed by atoms with E-state index in [2.05, 4.69) is 84.3 Å². The van der Waals surface area contributed by atoms with Crippen molar-refractivity contribution in [1.29, 1.82) is 0 Å².